The molecule has 0 aromatic rings. The van der Waals surface area contributed by atoms with E-state index in [1.807, 2.05) is 0 Å². The van der Waals surface area contributed by atoms with Crippen molar-refractivity contribution in [3.8, 4) is 0 Å². The van der Waals surface area contributed by atoms with Crippen LogP contribution in [0, 0.1) is 28.6 Å². The molecule has 4 aliphatic carbocycles. The van der Waals surface area contributed by atoms with Crippen LogP contribution in [-0.2, 0) is 14.0 Å². The standard InChI is InChI=1S/C25H40O4Si/c1-23(2,3)25(27)14-15-8-9-16-17(12-13-24(4)18(16)10-11-19(24)26)20(15)21(22(25)28-5)29-30(6)7/h14,16-18,22,27,30H,8-13H2,1-7H3/t16-,17+,18+,22?,24+,25?/m1/s1. The Morgan fingerprint density at radius 1 is 1.17 bits per heavy atom. The molecule has 0 saturated heterocycles. The molecule has 0 bridgehead atoms. The van der Waals surface area contributed by atoms with Crippen molar-refractivity contribution in [3.63, 3.8) is 0 Å². The summed E-state index contributed by atoms with van der Waals surface area (Å²) in [4.78, 5) is 12.7. The minimum atomic E-state index is -1.40. The highest BCUT2D eigenvalue weighted by atomic mass is 28.3. The number of Topliss-reactive ketones (excluding diaryl/α,β-unsaturated/α-hetero) is 1. The van der Waals surface area contributed by atoms with Crippen LogP contribution in [0.4, 0.5) is 0 Å². The summed E-state index contributed by atoms with van der Waals surface area (Å²) in [6.07, 6.45) is 7.49. The van der Waals surface area contributed by atoms with Gasteiger partial charge in [0.05, 0.1) is 0 Å². The van der Waals surface area contributed by atoms with Crippen LogP contribution in [0.2, 0.25) is 13.1 Å². The van der Waals surface area contributed by atoms with Gasteiger partial charge >= 0.3 is 0 Å². The molecule has 4 aliphatic rings. The molecular weight excluding hydrogens is 392 g/mol. The molecule has 0 aliphatic heterocycles. The highest BCUT2D eigenvalue weighted by Crippen LogP contribution is 2.61. The Labute approximate surface area is 183 Å². The van der Waals surface area contributed by atoms with Gasteiger partial charge in [0.15, 0.2) is 0 Å². The Bertz CT molecular complexity index is 791. The highest BCUT2D eigenvalue weighted by molar-refractivity contribution is 6.48. The third-order valence-electron chi connectivity index (χ3n) is 8.71. The number of ether oxygens (including phenoxy) is 1. The first kappa shape index (κ1) is 22.3. The van der Waals surface area contributed by atoms with E-state index in [0.717, 1.165) is 44.3 Å². The number of ketones is 1. The zero-order chi connectivity index (χ0) is 22.1. The minimum Gasteiger partial charge on any atom is -0.548 e. The van der Waals surface area contributed by atoms with E-state index in [-0.39, 0.29) is 10.8 Å². The quantitative estimate of drug-likeness (QED) is 0.652. The largest absolute Gasteiger partial charge is 0.548 e. The van der Waals surface area contributed by atoms with Crippen molar-refractivity contribution in [3.05, 3.63) is 23.0 Å². The normalized spacial score (nSPS) is 41.4. The lowest BCUT2D eigenvalue weighted by molar-refractivity contribution is -0.130. The van der Waals surface area contributed by atoms with Crippen molar-refractivity contribution in [2.24, 2.45) is 28.6 Å². The molecular formula is C25H40O4Si. The maximum absolute atomic E-state index is 12.7. The van der Waals surface area contributed by atoms with E-state index in [1.165, 1.54) is 11.1 Å². The van der Waals surface area contributed by atoms with Gasteiger partial charge in [-0.1, -0.05) is 27.7 Å². The van der Waals surface area contributed by atoms with Gasteiger partial charge in [-0.15, -0.1) is 0 Å². The summed E-state index contributed by atoms with van der Waals surface area (Å²) in [5, 5.41) is 11.9. The Morgan fingerprint density at radius 2 is 1.87 bits per heavy atom. The van der Waals surface area contributed by atoms with Crippen LogP contribution in [-0.4, -0.2) is 38.7 Å². The number of methoxy groups -OCH3 is 1. The van der Waals surface area contributed by atoms with Crippen molar-refractivity contribution in [1.29, 1.82) is 0 Å². The minimum absolute atomic E-state index is 0.127. The van der Waals surface area contributed by atoms with Gasteiger partial charge in [-0.05, 0) is 85.6 Å². The first-order valence-electron chi connectivity index (χ1n) is 11.9. The summed E-state index contributed by atoms with van der Waals surface area (Å²) >= 11 is 0. The van der Waals surface area contributed by atoms with Gasteiger partial charge in [0, 0.05) is 18.9 Å². The van der Waals surface area contributed by atoms with E-state index in [1.54, 1.807) is 7.11 Å². The zero-order valence-electron chi connectivity index (χ0n) is 19.9. The van der Waals surface area contributed by atoms with Crippen molar-refractivity contribution in [2.75, 3.05) is 7.11 Å². The molecule has 1 N–H and O–H groups in total. The molecule has 0 amide bonds. The Morgan fingerprint density at radius 3 is 2.47 bits per heavy atom. The second-order valence-corrected chi connectivity index (χ2v) is 14.0. The van der Waals surface area contributed by atoms with Gasteiger partial charge < -0.3 is 14.3 Å². The predicted octanol–water partition coefficient (Wildman–Crippen LogP) is 4.78. The number of rotatable bonds is 3. The summed E-state index contributed by atoms with van der Waals surface area (Å²) in [5.41, 5.74) is 0.977. The third-order valence-corrected chi connectivity index (χ3v) is 9.43. The molecule has 3 fully saturated rings. The molecule has 3 saturated carbocycles. The van der Waals surface area contributed by atoms with Gasteiger partial charge in [0.1, 0.15) is 23.2 Å². The number of aliphatic hydroxyl groups is 1. The van der Waals surface area contributed by atoms with Gasteiger partial charge in [-0.25, -0.2) is 0 Å². The molecule has 0 heterocycles. The summed E-state index contributed by atoms with van der Waals surface area (Å²) in [7, 11) is 0.293. The molecule has 168 valence electrons. The average Bonchev–Trinajstić information content (AvgIpc) is 2.95. The number of hydrogen-bond acceptors (Lipinski definition) is 4. The number of hydrogen-bond donors (Lipinski definition) is 1. The smallest absolute Gasteiger partial charge is 0.229 e. The molecule has 6 atom stereocenters. The van der Waals surface area contributed by atoms with Crippen LogP contribution in [0.3, 0.4) is 0 Å². The Balaban J connectivity index is 1.82. The third kappa shape index (κ3) is 3.10. The summed E-state index contributed by atoms with van der Waals surface area (Å²) in [5.74, 6) is 2.82. The lowest BCUT2D eigenvalue weighted by Crippen LogP contribution is -2.56. The van der Waals surface area contributed by atoms with Crippen LogP contribution in [0.5, 0.6) is 0 Å². The molecule has 4 rings (SSSR count). The van der Waals surface area contributed by atoms with Gasteiger partial charge in [0.25, 0.3) is 0 Å². The molecule has 5 heteroatoms. The van der Waals surface area contributed by atoms with Crippen molar-refractivity contribution >= 4 is 14.8 Å². The van der Waals surface area contributed by atoms with Crippen LogP contribution < -0.4 is 0 Å². The second-order valence-electron chi connectivity index (χ2n) is 11.6. The fourth-order valence-corrected chi connectivity index (χ4v) is 7.72. The maximum Gasteiger partial charge on any atom is 0.229 e. The number of carbonyl (C=O) groups excluding carboxylic acids is 1. The second kappa shape index (κ2) is 7.31. The van der Waals surface area contributed by atoms with Gasteiger partial charge in [-0.2, -0.15) is 0 Å². The van der Waals surface area contributed by atoms with E-state index in [0.29, 0.717) is 23.5 Å². The van der Waals surface area contributed by atoms with Crippen molar-refractivity contribution < 1.29 is 19.1 Å². The first-order valence-corrected chi connectivity index (χ1v) is 14.6. The average molecular weight is 433 g/mol. The number of allylic oxidation sites excluding steroid dienone is 2. The molecule has 0 aromatic heterocycles. The van der Waals surface area contributed by atoms with Crippen LogP contribution in [0.1, 0.15) is 66.2 Å². The lowest BCUT2D eigenvalue weighted by atomic mass is 9.53. The molecule has 0 radical (unpaired) electrons. The van der Waals surface area contributed by atoms with Crippen LogP contribution in [0.25, 0.3) is 0 Å². The first-order chi connectivity index (χ1) is 13.9. The van der Waals surface area contributed by atoms with Crippen LogP contribution >= 0.6 is 0 Å². The fourth-order valence-electron chi connectivity index (χ4n) is 6.96. The van der Waals surface area contributed by atoms with E-state index in [4.69, 9.17) is 9.16 Å². The Kier molecular flexibility index (Phi) is 5.43. The van der Waals surface area contributed by atoms with E-state index in [9.17, 15) is 9.90 Å². The lowest BCUT2D eigenvalue weighted by Gasteiger charge is -2.53. The van der Waals surface area contributed by atoms with Crippen molar-refractivity contribution in [2.45, 2.75) is 91.0 Å². The van der Waals surface area contributed by atoms with Crippen molar-refractivity contribution in [1.82, 2.24) is 0 Å². The molecule has 4 nitrogen and oxygen atoms in total. The Hall–Kier alpha value is -0.913. The molecule has 30 heavy (non-hydrogen) atoms. The highest BCUT2D eigenvalue weighted by Gasteiger charge is 2.58. The fraction of sp³-hybridized carbons (Fsp3) is 0.800. The number of fused-ring (bicyclic) bond motifs is 5. The monoisotopic (exact) mass is 432 g/mol. The van der Waals surface area contributed by atoms with Crippen LogP contribution in [0.15, 0.2) is 23.0 Å². The zero-order valence-corrected chi connectivity index (χ0v) is 21.0. The van der Waals surface area contributed by atoms with Gasteiger partial charge in [-0.3, -0.25) is 4.79 Å². The van der Waals surface area contributed by atoms with E-state index in [2.05, 4.69) is 46.9 Å². The summed E-state index contributed by atoms with van der Waals surface area (Å²) in [6, 6.07) is 0. The van der Waals surface area contributed by atoms with Gasteiger partial charge in [0.2, 0.25) is 9.04 Å². The SMILES string of the molecule is COC1C(O[SiH](C)C)=C2C(=CC1(O)C(C)(C)C)CC[C@@H]1[C@@H]2CC[C@]2(C)C(=O)CC[C@@H]12. The van der Waals surface area contributed by atoms with E-state index >= 15 is 0 Å². The predicted molar refractivity (Wildman–Crippen MR) is 122 cm³/mol. The number of carbonyl (C=O) groups is 1. The molecule has 0 spiro atoms. The van der Waals surface area contributed by atoms with E-state index < -0.39 is 20.7 Å². The molecule has 2 unspecified atom stereocenters. The summed E-state index contributed by atoms with van der Waals surface area (Å²) in [6.45, 7) is 12.8. The molecule has 0 aromatic carbocycles. The maximum atomic E-state index is 12.7. The summed E-state index contributed by atoms with van der Waals surface area (Å²) < 4.78 is 12.6. The topological polar surface area (TPSA) is 55.8 Å².